The van der Waals surface area contributed by atoms with E-state index in [0.29, 0.717) is 17.9 Å². The van der Waals surface area contributed by atoms with Crippen LogP contribution in [-0.2, 0) is 16.0 Å². The first-order valence-corrected chi connectivity index (χ1v) is 7.84. The second-order valence-corrected chi connectivity index (χ2v) is 5.64. The van der Waals surface area contributed by atoms with Gasteiger partial charge in [-0.2, -0.15) is 0 Å². The van der Waals surface area contributed by atoms with Crippen LogP contribution in [0, 0.1) is 0 Å². The number of para-hydroxylation sites is 1. The Balaban J connectivity index is 1.67. The molecular formula is C19H19NO4. The fourth-order valence-corrected chi connectivity index (χ4v) is 2.79. The van der Waals surface area contributed by atoms with Crippen LogP contribution in [0.15, 0.2) is 48.5 Å². The predicted octanol–water partition coefficient (Wildman–Crippen LogP) is 2.83. The maximum Gasteiger partial charge on any atom is 0.338 e. The van der Waals surface area contributed by atoms with Crippen molar-refractivity contribution >= 4 is 17.6 Å². The quantitative estimate of drug-likeness (QED) is 0.811. The molecule has 3 rings (SSSR count). The van der Waals surface area contributed by atoms with Crippen LogP contribution in [-0.4, -0.2) is 31.6 Å². The molecule has 0 N–H and O–H groups in total. The molecule has 0 saturated carbocycles. The summed E-state index contributed by atoms with van der Waals surface area (Å²) in [5, 5.41) is 0. The smallest absolute Gasteiger partial charge is 0.338 e. The summed E-state index contributed by atoms with van der Waals surface area (Å²) >= 11 is 0. The third-order valence-corrected chi connectivity index (χ3v) is 4.11. The lowest BCUT2D eigenvalue weighted by Crippen LogP contribution is -2.39. The van der Waals surface area contributed by atoms with Crippen molar-refractivity contribution in [1.29, 1.82) is 0 Å². The number of rotatable bonds is 4. The largest absolute Gasteiger partial charge is 0.497 e. The molecule has 1 heterocycles. The van der Waals surface area contributed by atoms with Crippen molar-refractivity contribution < 1.29 is 19.1 Å². The summed E-state index contributed by atoms with van der Waals surface area (Å²) in [6.07, 6.45) is -0.0214. The third-order valence-electron chi connectivity index (χ3n) is 4.11. The van der Waals surface area contributed by atoms with E-state index in [1.807, 2.05) is 24.3 Å². The maximum absolute atomic E-state index is 12.6. The first kappa shape index (κ1) is 16.1. The molecule has 5 nitrogen and oxygen atoms in total. The number of anilines is 1. The zero-order valence-electron chi connectivity index (χ0n) is 13.7. The van der Waals surface area contributed by atoms with Gasteiger partial charge in [-0.3, -0.25) is 4.79 Å². The molecule has 1 aliphatic heterocycles. The Morgan fingerprint density at radius 2 is 1.79 bits per heavy atom. The number of carbonyl (C=O) groups is 2. The van der Waals surface area contributed by atoms with Crippen molar-refractivity contribution in [2.75, 3.05) is 18.6 Å². The van der Waals surface area contributed by atoms with Crippen molar-refractivity contribution in [2.24, 2.45) is 0 Å². The van der Waals surface area contributed by atoms with Crippen molar-refractivity contribution in [1.82, 2.24) is 0 Å². The van der Waals surface area contributed by atoms with E-state index in [4.69, 9.17) is 9.47 Å². The minimum absolute atomic E-state index is 0.207. The van der Waals surface area contributed by atoms with Gasteiger partial charge in [0.1, 0.15) is 5.75 Å². The lowest BCUT2D eigenvalue weighted by Gasteiger charge is -2.21. The van der Waals surface area contributed by atoms with Crippen LogP contribution in [0.2, 0.25) is 0 Å². The molecular weight excluding hydrogens is 306 g/mol. The van der Waals surface area contributed by atoms with Gasteiger partial charge in [0.25, 0.3) is 5.91 Å². The standard InChI is InChI=1S/C19H19NO4/c1-13(24-19(22)15-7-9-16(23-2)10-8-15)18(21)20-12-11-14-5-3-4-6-17(14)20/h3-10,13H,11-12H2,1-2H3/t13-/m1/s1. The lowest BCUT2D eigenvalue weighted by molar-refractivity contribution is -0.126. The summed E-state index contributed by atoms with van der Waals surface area (Å²) in [5.74, 6) is -0.0721. The van der Waals surface area contributed by atoms with Crippen LogP contribution in [0.4, 0.5) is 5.69 Å². The molecule has 0 aromatic heterocycles. The summed E-state index contributed by atoms with van der Waals surface area (Å²) in [7, 11) is 1.56. The van der Waals surface area contributed by atoms with Crippen molar-refractivity contribution in [2.45, 2.75) is 19.4 Å². The number of hydrogen-bond donors (Lipinski definition) is 0. The van der Waals surface area contributed by atoms with Crippen LogP contribution >= 0.6 is 0 Å². The Bertz CT molecular complexity index is 754. The molecule has 0 radical (unpaired) electrons. The summed E-state index contributed by atoms with van der Waals surface area (Å²) in [6, 6.07) is 14.4. The van der Waals surface area contributed by atoms with Gasteiger partial charge in [-0.05, 0) is 49.2 Å². The number of carbonyl (C=O) groups excluding carboxylic acids is 2. The Hall–Kier alpha value is -2.82. The highest BCUT2D eigenvalue weighted by atomic mass is 16.5. The molecule has 0 saturated heterocycles. The molecule has 5 heteroatoms. The van der Waals surface area contributed by atoms with E-state index in [2.05, 4.69) is 0 Å². The van der Waals surface area contributed by atoms with Crippen molar-refractivity contribution in [3.8, 4) is 5.75 Å². The fourth-order valence-electron chi connectivity index (χ4n) is 2.79. The number of nitrogens with zero attached hydrogens (tertiary/aromatic N) is 1. The first-order valence-electron chi connectivity index (χ1n) is 7.84. The highest BCUT2D eigenvalue weighted by molar-refractivity contribution is 6.00. The number of ether oxygens (including phenoxy) is 2. The van der Waals surface area contributed by atoms with Gasteiger partial charge >= 0.3 is 5.97 Å². The minimum Gasteiger partial charge on any atom is -0.497 e. The van der Waals surface area contributed by atoms with Gasteiger partial charge in [0, 0.05) is 12.2 Å². The third kappa shape index (κ3) is 3.11. The molecule has 0 bridgehead atoms. The Morgan fingerprint density at radius 1 is 1.08 bits per heavy atom. The van der Waals surface area contributed by atoms with Gasteiger partial charge in [0.2, 0.25) is 0 Å². The van der Waals surface area contributed by atoms with E-state index in [0.717, 1.165) is 17.7 Å². The molecule has 0 aliphatic carbocycles. The molecule has 24 heavy (non-hydrogen) atoms. The van der Waals surface area contributed by atoms with Gasteiger partial charge in [0.05, 0.1) is 12.7 Å². The number of amides is 1. The van der Waals surface area contributed by atoms with Crippen LogP contribution in [0.5, 0.6) is 5.75 Å². The number of methoxy groups -OCH3 is 1. The van der Waals surface area contributed by atoms with E-state index < -0.39 is 12.1 Å². The summed E-state index contributed by atoms with van der Waals surface area (Å²) in [5.41, 5.74) is 2.42. The van der Waals surface area contributed by atoms with Crippen LogP contribution < -0.4 is 9.64 Å². The first-order chi connectivity index (χ1) is 11.6. The predicted molar refractivity (Wildman–Crippen MR) is 90.4 cm³/mol. The van der Waals surface area contributed by atoms with E-state index in [-0.39, 0.29) is 5.91 Å². The van der Waals surface area contributed by atoms with E-state index in [9.17, 15) is 9.59 Å². The van der Waals surface area contributed by atoms with Crippen LogP contribution in [0.1, 0.15) is 22.8 Å². The molecule has 2 aromatic carbocycles. The summed E-state index contributed by atoms with van der Waals surface area (Å²) in [6.45, 7) is 2.22. The Labute approximate surface area is 140 Å². The maximum atomic E-state index is 12.6. The number of esters is 1. The van der Waals surface area contributed by atoms with Gasteiger partial charge in [-0.25, -0.2) is 4.79 Å². The average Bonchev–Trinajstić information content (AvgIpc) is 3.05. The van der Waals surface area contributed by atoms with Crippen molar-refractivity contribution in [3.63, 3.8) is 0 Å². The minimum atomic E-state index is -0.842. The van der Waals surface area contributed by atoms with E-state index in [1.54, 1.807) is 43.2 Å². The van der Waals surface area contributed by atoms with Gasteiger partial charge in [-0.15, -0.1) is 0 Å². The summed E-state index contributed by atoms with van der Waals surface area (Å²) in [4.78, 5) is 26.5. The highest BCUT2D eigenvalue weighted by Gasteiger charge is 2.29. The Kier molecular flexibility index (Phi) is 4.51. The molecule has 1 aliphatic rings. The lowest BCUT2D eigenvalue weighted by atomic mass is 10.2. The summed E-state index contributed by atoms with van der Waals surface area (Å²) < 4.78 is 10.4. The number of fused-ring (bicyclic) bond motifs is 1. The number of benzene rings is 2. The monoisotopic (exact) mass is 325 g/mol. The molecule has 124 valence electrons. The molecule has 1 atom stereocenters. The average molecular weight is 325 g/mol. The SMILES string of the molecule is COc1ccc(C(=O)O[C@H](C)C(=O)N2CCc3ccccc32)cc1. The highest BCUT2D eigenvalue weighted by Crippen LogP contribution is 2.28. The fraction of sp³-hybridized carbons (Fsp3) is 0.263. The molecule has 0 spiro atoms. The van der Waals surface area contributed by atoms with E-state index in [1.165, 1.54) is 0 Å². The molecule has 0 fully saturated rings. The number of hydrogen-bond acceptors (Lipinski definition) is 4. The van der Waals surface area contributed by atoms with Crippen LogP contribution in [0.25, 0.3) is 0 Å². The topological polar surface area (TPSA) is 55.8 Å². The molecule has 1 amide bonds. The molecule has 2 aromatic rings. The van der Waals surface area contributed by atoms with Gasteiger partial charge < -0.3 is 14.4 Å². The van der Waals surface area contributed by atoms with Gasteiger partial charge in [-0.1, -0.05) is 18.2 Å². The second-order valence-electron chi connectivity index (χ2n) is 5.64. The van der Waals surface area contributed by atoms with Crippen molar-refractivity contribution in [3.05, 3.63) is 59.7 Å². The normalized spacial score (nSPS) is 14.0. The van der Waals surface area contributed by atoms with E-state index >= 15 is 0 Å². The zero-order valence-corrected chi connectivity index (χ0v) is 13.7. The molecule has 0 unspecified atom stereocenters. The second kappa shape index (κ2) is 6.74. The Morgan fingerprint density at radius 3 is 2.50 bits per heavy atom. The van der Waals surface area contributed by atoms with Crippen LogP contribution in [0.3, 0.4) is 0 Å². The van der Waals surface area contributed by atoms with Gasteiger partial charge in [0.15, 0.2) is 6.10 Å². The zero-order chi connectivity index (χ0) is 17.1.